The summed E-state index contributed by atoms with van der Waals surface area (Å²) in [5.41, 5.74) is 12.0. The number of nitrogens with zero attached hydrogens (tertiary/aromatic N) is 3. The number of thioether (sulfide) groups is 1. The zero-order valence-electron chi connectivity index (χ0n) is 23.4. The molecular formula is C29H32AcN4O6S. The van der Waals surface area contributed by atoms with Crippen LogP contribution < -0.4 is 15.2 Å². The second-order valence-corrected chi connectivity index (χ2v) is 12.7. The van der Waals surface area contributed by atoms with Crippen LogP contribution in [0.3, 0.4) is 0 Å². The molecule has 7 rings (SSSR count). The monoisotopic (exact) mass is 791 g/mol. The second-order valence-electron chi connectivity index (χ2n) is 11.5. The maximum absolute atomic E-state index is 12.8. The van der Waals surface area contributed by atoms with E-state index in [0.717, 1.165) is 22.3 Å². The van der Waals surface area contributed by atoms with Crippen LogP contribution in [0.1, 0.15) is 56.3 Å². The zero-order chi connectivity index (χ0) is 28.2. The topological polar surface area (TPSA) is 142 Å². The fourth-order valence-electron chi connectivity index (χ4n) is 7.59. The predicted molar refractivity (Wildman–Crippen MR) is 146 cm³/mol. The van der Waals surface area contributed by atoms with E-state index in [0.29, 0.717) is 34.6 Å². The summed E-state index contributed by atoms with van der Waals surface area (Å²) in [6.45, 7) is 5.68. The zero-order valence-corrected chi connectivity index (χ0v) is 28.9. The normalized spacial score (nSPS) is 31.7. The van der Waals surface area contributed by atoms with Gasteiger partial charge in [0.2, 0.25) is 6.79 Å². The first kappa shape index (κ1) is 29.3. The molecule has 0 spiro atoms. The van der Waals surface area contributed by atoms with Gasteiger partial charge in [-0.3, -0.25) is 14.6 Å². The van der Waals surface area contributed by atoms with Crippen LogP contribution in [0.25, 0.3) is 0 Å². The molecule has 0 saturated carbocycles. The van der Waals surface area contributed by atoms with E-state index in [2.05, 4.69) is 21.9 Å². The molecule has 0 aliphatic carbocycles. The molecule has 4 bridgehead atoms. The van der Waals surface area contributed by atoms with E-state index in [1.165, 1.54) is 11.8 Å². The number of fused-ring (bicyclic) bond motifs is 9. The Hall–Kier alpha value is -1.73. The quantitative estimate of drug-likeness (QED) is 0.340. The van der Waals surface area contributed by atoms with E-state index in [9.17, 15) is 20.3 Å². The average molecular weight is 792 g/mol. The van der Waals surface area contributed by atoms with Gasteiger partial charge in [-0.1, -0.05) is 6.07 Å². The third-order valence-electron chi connectivity index (χ3n) is 9.64. The molecule has 0 amide bonds. The van der Waals surface area contributed by atoms with Crippen LogP contribution in [-0.2, 0) is 16.0 Å². The number of carbonyl (C=O) groups excluding carboxylic acids is 1. The van der Waals surface area contributed by atoms with Crippen LogP contribution in [0.2, 0.25) is 0 Å². The molecule has 5 aliphatic rings. The van der Waals surface area contributed by atoms with Gasteiger partial charge in [0.25, 0.3) is 0 Å². The van der Waals surface area contributed by atoms with Gasteiger partial charge in [-0.05, 0) is 50.9 Å². The molecule has 2 aromatic carbocycles. The molecule has 213 valence electrons. The number of nitriles is 1. The van der Waals surface area contributed by atoms with Gasteiger partial charge in [0.1, 0.15) is 30.2 Å². The van der Waals surface area contributed by atoms with Gasteiger partial charge in [0.05, 0.1) is 23.4 Å². The molecule has 5 heterocycles. The molecule has 41 heavy (non-hydrogen) atoms. The summed E-state index contributed by atoms with van der Waals surface area (Å²) in [5, 5.41) is 33.6. The first-order valence-corrected chi connectivity index (χ1v) is 14.6. The minimum absolute atomic E-state index is 0. The first-order valence-electron chi connectivity index (χ1n) is 13.5. The van der Waals surface area contributed by atoms with Gasteiger partial charge >= 0.3 is 5.97 Å². The second kappa shape index (κ2) is 10.5. The van der Waals surface area contributed by atoms with Crippen molar-refractivity contribution >= 4 is 17.7 Å². The molecule has 7 atom stereocenters. The number of nitrogens with two attached hydrogens (primary N) is 1. The molecular weight excluding hydrogens is 759 g/mol. The summed E-state index contributed by atoms with van der Waals surface area (Å²) >= 11 is 1.47. The minimum Gasteiger partial charge on any atom is -0.507 e. The summed E-state index contributed by atoms with van der Waals surface area (Å²) in [7, 11) is 2.02. The Labute approximate surface area is 278 Å². The number of esters is 1. The number of rotatable bonds is 0. The van der Waals surface area contributed by atoms with E-state index in [1.807, 2.05) is 20.9 Å². The van der Waals surface area contributed by atoms with Crippen LogP contribution in [-0.4, -0.2) is 76.3 Å². The molecule has 10 nitrogen and oxygen atoms in total. The maximum atomic E-state index is 12.8. The number of hydrogen-bond donors (Lipinski definition) is 3. The summed E-state index contributed by atoms with van der Waals surface area (Å²) in [4.78, 5) is 17.2. The number of benzene rings is 2. The van der Waals surface area contributed by atoms with Crippen molar-refractivity contribution in [2.75, 3.05) is 26.2 Å². The van der Waals surface area contributed by atoms with Crippen molar-refractivity contribution in [3.63, 3.8) is 0 Å². The Kier molecular flexibility index (Phi) is 7.49. The Morgan fingerprint density at radius 3 is 2.51 bits per heavy atom. The summed E-state index contributed by atoms with van der Waals surface area (Å²) in [5.74, 6) is 1.14. The number of carbonyl (C=O) groups is 1. The third kappa shape index (κ3) is 3.99. The molecule has 2 unspecified atom stereocenters. The van der Waals surface area contributed by atoms with Gasteiger partial charge in [-0.15, -0.1) is 11.8 Å². The van der Waals surface area contributed by atoms with Crippen molar-refractivity contribution in [1.82, 2.24) is 9.80 Å². The summed E-state index contributed by atoms with van der Waals surface area (Å²) in [6, 6.07) is 1.93. The number of cyclic esters (lactones) is 1. The Morgan fingerprint density at radius 2 is 1.78 bits per heavy atom. The van der Waals surface area contributed by atoms with Crippen LogP contribution in [0.15, 0.2) is 6.07 Å². The van der Waals surface area contributed by atoms with E-state index in [-0.39, 0.29) is 92.8 Å². The van der Waals surface area contributed by atoms with Crippen LogP contribution in [0.5, 0.6) is 23.0 Å². The number of phenols is 2. The van der Waals surface area contributed by atoms with E-state index < -0.39 is 29.3 Å². The number of aromatic hydroxyl groups is 2. The molecule has 0 aromatic heterocycles. The number of aryl methyl sites for hydroxylation is 1. The Balaban J connectivity index is 0.00000302. The van der Waals surface area contributed by atoms with Gasteiger partial charge in [0, 0.05) is 84.2 Å². The van der Waals surface area contributed by atoms with Crippen molar-refractivity contribution < 1.29 is 73.3 Å². The minimum atomic E-state index is -0.837. The van der Waals surface area contributed by atoms with E-state index in [4.69, 9.17) is 19.9 Å². The van der Waals surface area contributed by atoms with Gasteiger partial charge in [0.15, 0.2) is 11.5 Å². The molecule has 12 heteroatoms. The SMILES string of the molecule is Cc1cc2c(c(O)c1C)[C@@H]1C3[C@@H]4SCC(N)C(=O)OC[C@H](c5c6c(c(C)c(O)c54)OCO6)N3[C@@H](C#N)[C@H](C2)N1C.[Ac]. The van der Waals surface area contributed by atoms with Crippen LogP contribution in [0, 0.1) is 76.2 Å². The third-order valence-corrected chi connectivity index (χ3v) is 11.1. The molecule has 2 aromatic rings. The summed E-state index contributed by atoms with van der Waals surface area (Å²) < 4.78 is 17.6. The van der Waals surface area contributed by atoms with Gasteiger partial charge in [-0.25, -0.2) is 0 Å². The van der Waals surface area contributed by atoms with Crippen molar-refractivity contribution in [2.24, 2.45) is 5.73 Å². The predicted octanol–water partition coefficient (Wildman–Crippen LogP) is 2.64. The van der Waals surface area contributed by atoms with Crippen LogP contribution in [0.4, 0.5) is 0 Å². The fraction of sp³-hybridized carbons (Fsp3) is 0.517. The van der Waals surface area contributed by atoms with E-state index >= 15 is 0 Å². The Bertz CT molecular complexity index is 1510. The molecule has 1 radical (unpaired) electrons. The number of ether oxygens (including phenoxy) is 3. The number of phenolic OH excluding ortho intramolecular Hbond substituents is 2. The standard InChI is InChI=1S/C29H32N4O6S.Ac/c1-11-5-14-6-16-17(7-30)33-18-8-37-29(36)15(31)9-40-28(23(33)22(32(16)4)19(14)24(34)12(11)2)21-20(18)27-26(38-10-39-27)13(3)25(21)35;/h5,15-18,22-23,28,34-35H,6,8-10,31H2,1-4H3;/t15?,16-,17-,18+,22+,23?,28+;/m0./s1. The van der Waals surface area contributed by atoms with E-state index in [1.54, 1.807) is 6.92 Å². The number of piperazine rings is 1. The Morgan fingerprint density at radius 1 is 1.07 bits per heavy atom. The van der Waals surface area contributed by atoms with Crippen molar-refractivity contribution in [3.8, 4) is 29.1 Å². The smallest absolute Gasteiger partial charge is 0.323 e. The molecule has 5 aliphatic heterocycles. The van der Waals surface area contributed by atoms with Crippen LogP contribution >= 0.6 is 11.8 Å². The average Bonchev–Trinajstić information content (AvgIpc) is 3.42. The van der Waals surface area contributed by atoms with Gasteiger partial charge in [-0.2, -0.15) is 5.26 Å². The largest absolute Gasteiger partial charge is 0.507 e. The number of likely N-dealkylation sites (N-methyl/N-ethyl adjacent to an activating group) is 1. The number of hydrogen-bond acceptors (Lipinski definition) is 11. The van der Waals surface area contributed by atoms with Gasteiger partial charge < -0.3 is 30.2 Å². The first-order chi connectivity index (χ1) is 19.1. The molecule has 4 N–H and O–H groups in total. The molecule has 2 saturated heterocycles. The fourth-order valence-corrected chi connectivity index (χ4v) is 9.03. The van der Waals surface area contributed by atoms with Crippen molar-refractivity contribution in [2.45, 2.75) is 68.7 Å². The van der Waals surface area contributed by atoms with Crippen molar-refractivity contribution in [3.05, 3.63) is 45.0 Å². The molecule has 2 fully saturated rings. The summed E-state index contributed by atoms with van der Waals surface area (Å²) in [6.07, 6.45) is 0.595. The maximum Gasteiger partial charge on any atom is 0.323 e. The van der Waals surface area contributed by atoms with Crippen molar-refractivity contribution in [1.29, 1.82) is 5.26 Å².